The topological polar surface area (TPSA) is 38.5 Å². The Bertz CT molecular complexity index is 174. The Morgan fingerprint density at radius 1 is 1.46 bits per heavy atom. The van der Waals surface area contributed by atoms with Crippen molar-refractivity contribution in [3.8, 4) is 0 Å². The van der Waals surface area contributed by atoms with Gasteiger partial charge in [-0.3, -0.25) is 0 Å². The van der Waals surface area contributed by atoms with E-state index in [4.69, 9.17) is 10.5 Å². The van der Waals surface area contributed by atoms with Crippen LogP contribution in [0.1, 0.15) is 13.3 Å². The van der Waals surface area contributed by atoms with Gasteiger partial charge in [0.05, 0.1) is 13.2 Å². The van der Waals surface area contributed by atoms with E-state index in [-0.39, 0.29) is 0 Å². The molecule has 2 aliphatic heterocycles. The second-order valence-corrected chi connectivity index (χ2v) is 4.91. The summed E-state index contributed by atoms with van der Waals surface area (Å²) in [5, 5.41) is 0. The van der Waals surface area contributed by atoms with E-state index >= 15 is 0 Å². The molecular formula is C10H20N2O. The standard InChI is InChI=1S/C10H20N2O/c1-10(7-13-8-10)2-3-12-5-9(4-11)6-12/h9H,2-8,11H2,1H3. The molecule has 0 saturated carbocycles. The van der Waals surface area contributed by atoms with Gasteiger partial charge < -0.3 is 15.4 Å². The van der Waals surface area contributed by atoms with Crippen molar-refractivity contribution in [2.45, 2.75) is 13.3 Å². The molecule has 2 saturated heterocycles. The number of ether oxygens (including phenoxy) is 1. The van der Waals surface area contributed by atoms with Crippen molar-refractivity contribution >= 4 is 0 Å². The summed E-state index contributed by atoms with van der Waals surface area (Å²) in [5.41, 5.74) is 6.05. The van der Waals surface area contributed by atoms with Gasteiger partial charge in [0.15, 0.2) is 0 Å². The van der Waals surface area contributed by atoms with Crippen LogP contribution in [-0.4, -0.2) is 44.3 Å². The van der Waals surface area contributed by atoms with E-state index in [2.05, 4.69) is 11.8 Å². The highest BCUT2D eigenvalue weighted by Gasteiger charge is 2.34. The number of nitrogens with zero attached hydrogens (tertiary/aromatic N) is 1. The third kappa shape index (κ3) is 2.03. The molecule has 76 valence electrons. The molecule has 0 amide bonds. The summed E-state index contributed by atoms with van der Waals surface area (Å²) >= 11 is 0. The van der Waals surface area contributed by atoms with Gasteiger partial charge in [-0.2, -0.15) is 0 Å². The molecule has 13 heavy (non-hydrogen) atoms. The summed E-state index contributed by atoms with van der Waals surface area (Å²) in [6.45, 7) is 8.76. The Morgan fingerprint density at radius 2 is 2.15 bits per heavy atom. The first kappa shape index (κ1) is 9.44. The minimum absolute atomic E-state index is 0.480. The largest absolute Gasteiger partial charge is 0.380 e. The molecule has 2 N–H and O–H groups in total. The van der Waals surface area contributed by atoms with Gasteiger partial charge in [0.25, 0.3) is 0 Å². The average Bonchev–Trinajstić information content (AvgIpc) is 1.99. The van der Waals surface area contributed by atoms with E-state index < -0.39 is 0 Å². The predicted molar refractivity (Wildman–Crippen MR) is 52.5 cm³/mol. The van der Waals surface area contributed by atoms with Crippen molar-refractivity contribution in [1.82, 2.24) is 4.90 Å². The fourth-order valence-corrected chi connectivity index (χ4v) is 2.03. The minimum Gasteiger partial charge on any atom is -0.380 e. The van der Waals surface area contributed by atoms with E-state index in [0.717, 1.165) is 25.7 Å². The SMILES string of the molecule is CC1(CCN2CC(CN)C2)COC1. The molecule has 3 nitrogen and oxygen atoms in total. The van der Waals surface area contributed by atoms with Crippen molar-refractivity contribution in [1.29, 1.82) is 0 Å². The van der Waals surface area contributed by atoms with Crippen LogP contribution in [0.5, 0.6) is 0 Å². The Hall–Kier alpha value is -0.120. The fourth-order valence-electron chi connectivity index (χ4n) is 2.03. The molecule has 2 heterocycles. The van der Waals surface area contributed by atoms with E-state index in [1.165, 1.54) is 26.1 Å². The Kier molecular flexibility index (Phi) is 2.58. The van der Waals surface area contributed by atoms with E-state index in [0.29, 0.717) is 5.41 Å². The summed E-state index contributed by atoms with van der Waals surface area (Å²) in [4.78, 5) is 2.50. The molecule has 3 heteroatoms. The minimum atomic E-state index is 0.480. The second-order valence-electron chi connectivity index (χ2n) is 4.91. The first-order valence-corrected chi connectivity index (χ1v) is 5.22. The van der Waals surface area contributed by atoms with Crippen molar-refractivity contribution in [3.63, 3.8) is 0 Å². The van der Waals surface area contributed by atoms with Crippen molar-refractivity contribution in [3.05, 3.63) is 0 Å². The Balaban J connectivity index is 1.59. The van der Waals surface area contributed by atoms with Crippen LogP contribution in [0, 0.1) is 11.3 Å². The van der Waals surface area contributed by atoms with E-state index in [1.807, 2.05) is 0 Å². The fraction of sp³-hybridized carbons (Fsp3) is 1.00. The van der Waals surface area contributed by atoms with Crippen LogP contribution < -0.4 is 5.73 Å². The van der Waals surface area contributed by atoms with Crippen LogP contribution >= 0.6 is 0 Å². The first-order chi connectivity index (χ1) is 6.22. The lowest BCUT2D eigenvalue weighted by molar-refractivity contribution is -0.111. The molecule has 0 aromatic carbocycles. The number of nitrogens with two attached hydrogens (primary N) is 1. The van der Waals surface area contributed by atoms with Crippen LogP contribution in [0.2, 0.25) is 0 Å². The van der Waals surface area contributed by atoms with Crippen LogP contribution in [0.15, 0.2) is 0 Å². The number of likely N-dealkylation sites (tertiary alicyclic amines) is 1. The van der Waals surface area contributed by atoms with Gasteiger partial charge in [-0.05, 0) is 25.4 Å². The molecule has 2 rings (SSSR count). The third-order valence-corrected chi connectivity index (χ3v) is 3.30. The Labute approximate surface area is 80.2 Å². The lowest BCUT2D eigenvalue weighted by Crippen LogP contribution is -2.52. The van der Waals surface area contributed by atoms with Gasteiger partial charge in [0, 0.05) is 18.5 Å². The van der Waals surface area contributed by atoms with E-state index in [9.17, 15) is 0 Å². The lowest BCUT2D eigenvalue weighted by atomic mass is 9.84. The quantitative estimate of drug-likeness (QED) is 0.683. The van der Waals surface area contributed by atoms with Gasteiger partial charge in [-0.1, -0.05) is 6.92 Å². The zero-order chi connectivity index (χ0) is 9.31. The maximum absolute atomic E-state index is 5.57. The van der Waals surface area contributed by atoms with Gasteiger partial charge in [0.1, 0.15) is 0 Å². The Morgan fingerprint density at radius 3 is 2.62 bits per heavy atom. The number of rotatable bonds is 4. The van der Waals surface area contributed by atoms with Gasteiger partial charge in [-0.25, -0.2) is 0 Å². The van der Waals surface area contributed by atoms with Gasteiger partial charge in [0.2, 0.25) is 0 Å². The highest BCUT2D eigenvalue weighted by atomic mass is 16.5. The molecule has 0 spiro atoms. The summed E-state index contributed by atoms with van der Waals surface area (Å²) < 4.78 is 5.23. The maximum atomic E-state index is 5.57. The molecule has 2 fully saturated rings. The van der Waals surface area contributed by atoms with Crippen molar-refractivity contribution < 1.29 is 4.74 Å². The zero-order valence-electron chi connectivity index (χ0n) is 8.46. The summed E-state index contributed by atoms with van der Waals surface area (Å²) in [5.74, 6) is 0.769. The molecule has 0 atom stereocenters. The molecule has 0 bridgehead atoms. The molecule has 0 unspecified atom stereocenters. The highest BCUT2D eigenvalue weighted by Crippen LogP contribution is 2.31. The summed E-state index contributed by atoms with van der Waals surface area (Å²) in [7, 11) is 0. The predicted octanol–water partition coefficient (Wildman–Crippen LogP) is 0.304. The van der Waals surface area contributed by atoms with Crippen LogP contribution in [0.3, 0.4) is 0 Å². The van der Waals surface area contributed by atoms with Crippen molar-refractivity contribution in [2.24, 2.45) is 17.1 Å². The molecule has 0 aromatic heterocycles. The average molecular weight is 184 g/mol. The lowest BCUT2D eigenvalue weighted by Gasteiger charge is -2.43. The maximum Gasteiger partial charge on any atom is 0.0542 e. The highest BCUT2D eigenvalue weighted by molar-refractivity contribution is 4.85. The van der Waals surface area contributed by atoms with E-state index in [1.54, 1.807) is 0 Å². The third-order valence-electron chi connectivity index (χ3n) is 3.30. The molecule has 0 aliphatic carbocycles. The molecule has 2 aliphatic rings. The molecule has 0 radical (unpaired) electrons. The van der Waals surface area contributed by atoms with Gasteiger partial charge in [-0.15, -0.1) is 0 Å². The summed E-state index contributed by atoms with van der Waals surface area (Å²) in [6, 6.07) is 0. The van der Waals surface area contributed by atoms with Gasteiger partial charge >= 0.3 is 0 Å². The van der Waals surface area contributed by atoms with Crippen LogP contribution in [0.25, 0.3) is 0 Å². The zero-order valence-corrected chi connectivity index (χ0v) is 8.46. The monoisotopic (exact) mass is 184 g/mol. The normalized spacial score (nSPS) is 28.2. The first-order valence-electron chi connectivity index (χ1n) is 5.22. The number of hydrogen-bond acceptors (Lipinski definition) is 3. The second kappa shape index (κ2) is 3.56. The summed E-state index contributed by atoms with van der Waals surface area (Å²) in [6.07, 6.45) is 1.28. The van der Waals surface area contributed by atoms with Crippen molar-refractivity contribution in [2.75, 3.05) is 39.4 Å². The molecule has 0 aromatic rings. The number of hydrogen-bond donors (Lipinski definition) is 1. The smallest absolute Gasteiger partial charge is 0.0542 e. The van der Waals surface area contributed by atoms with Crippen LogP contribution in [0.4, 0.5) is 0 Å². The van der Waals surface area contributed by atoms with Crippen LogP contribution in [-0.2, 0) is 4.74 Å². The molecular weight excluding hydrogens is 164 g/mol.